The zero-order chi connectivity index (χ0) is 15.6. The van der Waals surface area contributed by atoms with Crippen LogP contribution in [0.3, 0.4) is 0 Å². The zero-order valence-electron chi connectivity index (χ0n) is 11.2. The molecule has 2 aromatic rings. The van der Waals surface area contributed by atoms with E-state index in [1.165, 1.54) is 12.3 Å². The molecule has 1 aromatic heterocycles. The molecule has 0 bridgehead atoms. The molecule has 0 aliphatic rings. The fourth-order valence-electron chi connectivity index (χ4n) is 1.91. The van der Waals surface area contributed by atoms with Crippen LogP contribution in [0.15, 0.2) is 39.8 Å². The third kappa shape index (κ3) is 3.41. The maximum atomic E-state index is 11.4. The van der Waals surface area contributed by atoms with Gasteiger partial charge in [0.15, 0.2) is 0 Å². The first-order valence-electron chi connectivity index (χ1n) is 5.96. The van der Waals surface area contributed by atoms with Gasteiger partial charge < -0.3 is 14.8 Å². The SMILES string of the molecule is Cc1cc(NCc2ccco2)c(C(=O)O)cc1S(N)(=O)=O. The van der Waals surface area contributed by atoms with E-state index in [9.17, 15) is 18.3 Å². The molecule has 0 atom stereocenters. The van der Waals surface area contributed by atoms with Gasteiger partial charge in [-0.1, -0.05) is 0 Å². The second kappa shape index (κ2) is 5.58. The lowest BCUT2D eigenvalue weighted by atomic mass is 10.1. The summed E-state index contributed by atoms with van der Waals surface area (Å²) < 4.78 is 28.0. The lowest BCUT2D eigenvalue weighted by Gasteiger charge is -2.12. The largest absolute Gasteiger partial charge is 0.478 e. The number of carbonyl (C=O) groups is 1. The van der Waals surface area contributed by atoms with Crippen LogP contribution in [0.25, 0.3) is 0 Å². The van der Waals surface area contributed by atoms with Gasteiger partial charge in [-0.05, 0) is 36.8 Å². The summed E-state index contributed by atoms with van der Waals surface area (Å²) in [5.41, 5.74) is 0.490. The van der Waals surface area contributed by atoms with Crippen LogP contribution < -0.4 is 10.5 Å². The smallest absolute Gasteiger partial charge is 0.337 e. The summed E-state index contributed by atoms with van der Waals surface area (Å²) >= 11 is 0. The Bertz CT molecular complexity index is 766. The third-order valence-electron chi connectivity index (χ3n) is 2.89. The number of furan rings is 1. The van der Waals surface area contributed by atoms with Gasteiger partial charge in [-0.25, -0.2) is 18.4 Å². The number of primary sulfonamides is 1. The van der Waals surface area contributed by atoms with Crippen molar-refractivity contribution < 1.29 is 22.7 Å². The minimum Gasteiger partial charge on any atom is -0.478 e. The number of nitrogens with two attached hydrogens (primary N) is 1. The van der Waals surface area contributed by atoms with Gasteiger partial charge in [0.05, 0.1) is 23.3 Å². The average Bonchev–Trinajstić information content (AvgIpc) is 2.87. The highest BCUT2D eigenvalue weighted by molar-refractivity contribution is 7.89. The number of anilines is 1. The Kier molecular flexibility index (Phi) is 4.01. The van der Waals surface area contributed by atoms with Gasteiger partial charge >= 0.3 is 5.97 Å². The highest BCUT2D eigenvalue weighted by atomic mass is 32.2. The molecule has 0 saturated heterocycles. The molecule has 8 heteroatoms. The van der Waals surface area contributed by atoms with Crippen LogP contribution in [0.2, 0.25) is 0 Å². The molecule has 112 valence electrons. The van der Waals surface area contributed by atoms with Crippen molar-refractivity contribution >= 4 is 21.7 Å². The molecule has 1 aromatic carbocycles. The summed E-state index contributed by atoms with van der Waals surface area (Å²) in [5.74, 6) is -0.624. The van der Waals surface area contributed by atoms with Crippen LogP contribution in [0.5, 0.6) is 0 Å². The summed E-state index contributed by atoms with van der Waals surface area (Å²) in [6.07, 6.45) is 1.50. The Labute approximate surface area is 121 Å². The first-order chi connectivity index (χ1) is 9.79. The number of sulfonamides is 1. The monoisotopic (exact) mass is 310 g/mol. The topological polar surface area (TPSA) is 123 Å². The van der Waals surface area contributed by atoms with Crippen molar-refractivity contribution in [2.24, 2.45) is 5.14 Å². The van der Waals surface area contributed by atoms with Crippen molar-refractivity contribution in [1.82, 2.24) is 0 Å². The fourth-order valence-corrected chi connectivity index (χ4v) is 2.70. The first kappa shape index (κ1) is 15.1. The summed E-state index contributed by atoms with van der Waals surface area (Å²) in [6.45, 7) is 1.82. The number of nitrogens with one attached hydrogen (secondary N) is 1. The molecule has 0 aliphatic carbocycles. The van der Waals surface area contributed by atoms with E-state index >= 15 is 0 Å². The Morgan fingerprint density at radius 3 is 2.67 bits per heavy atom. The maximum Gasteiger partial charge on any atom is 0.337 e. The predicted octanol–water partition coefficient (Wildman–Crippen LogP) is 1.55. The summed E-state index contributed by atoms with van der Waals surface area (Å²) in [4.78, 5) is 11.1. The summed E-state index contributed by atoms with van der Waals surface area (Å²) in [7, 11) is -3.97. The molecule has 2 rings (SSSR count). The van der Waals surface area contributed by atoms with Crippen LogP contribution >= 0.6 is 0 Å². The Hall–Kier alpha value is -2.32. The van der Waals surface area contributed by atoms with E-state index in [-0.39, 0.29) is 17.0 Å². The molecular formula is C13H14N2O5S. The van der Waals surface area contributed by atoms with Gasteiger partial charge in [-0.15, -0.1) is 0 Å². The first-order valence-corrected chi connectivity index (χ1v) is 7.50. The summed E-state index contributed by atoms with van der Waals surface area (Å²) in [5, 5.41) is 17.2. The molecule has 1 heterocycles. The van der Waals surface area contributed by atoms with Crippen molar-refractivity contribution in [3.05, 3.63) is 47.4 Å². The minimum absolute atomic E-state index is 0.170. The molecule has 0 spiro atoms. The molecule has 7 nitrogen and oxygen atoms in total. The number of benzene rings is 1. The van der Waals surface area contributed by atoms with Crippen LogP contribution in [0.4, 0.5) is 5.69 Å². The fraction of sp³-hybridized carbons (Fsp3) is 0.154. The standard InChI is InChI=1S/C13H14N2O5S/c1-8-5-11(15-7-9-3-2-4-20-9)10(13(16)17)6-12(8)21(14,18)19/h2-6,15H,7H2,1H3,(H,16,17)(H2,14,18,19). The molecule has 0 unspecified atom stereocenters. The zero-order valence-corrected chi connectivity index (χ0v) is 12.0. The molecule has 0 fully saturated rings. The quantitative estimate of drug-likeness (QED) is 0.770. The van der Waals surface area contributed by atoms with E-state index in [0.717, 1.165) is 6.07 Å². The average molecular weight is 310 g/mol. The Balaban J connectivity index is 2.41. The van der Waals surface area contributed by atoms with Gasteiger partial charge in [0, 0.05) is 5.69 Å². The van der Waals surface area contributed by atoms with Gasteiger partial charge in [-0.2, -0.15) is 0 Å². The van der Waals surface area contributed by atoms with E-state index in [2.05, 4.69) is 5.32 Å². The van der Waals surface area contributed by atoms with Gasteiger partial charge in [0.25, 0.3) is 0 Å². The van der Waals surface area contributed by atoms with Crippen molar-refractivity contribution in [3.8, 4) is 0 Å². The van der Waals surface area contributed by atoms with Gasteiger partial charge in [-0.3, -0.25) is 0 Å². The molecule has 0 saturated carbocycles. The predicted molar refractivity (Wildman–Crippen MR) is 75.5 cm³/mol. The van der Waals surface area contributed by atoms with Crippen molar-refractivity contribution in [2.75, 3.05) is 5.32 Å². The van der Waals surface area contributed by atoms with Gasteiger partial charge in [0.2, 0.25) is 10.0 Å². The lowest BCUT2D eigenvalue weighted by Crippen LogP contribution is -2.16. The molecular weight excluding hydrogens is 296 g/mol. The van der Waals surface area contributed by atoms with E-state index in [1.54, 1.807) is 19.1 Å². The number of carboxylic acids is 1. The van der Waals surface area contributed by atoms with Crippen molar-refractivity contribution in [1.29, 1.82) is 0 Å². The van der Waals surface area contributed by atoms with Crippen LogP contribution in [0.1, 0.15) is 21.7 Å². The molecule has 21 heavy (non-hydrogen) atoms. The second-order valence-corrected chi connectivity index (χ2v) is 5.98. The van der Waals surface area contributed by atoms with E-state index in [0.29, 0.717) is 17.0 Å². The number of aryl methyl sites for hydroxylation is 1. The summed E-state index contributed by atoms with van der Waals surface area (Å²) in [6, 6.07) is 5.94. The van der Waals surface area contributed by atoms with E-state index < -0.39 is 16.0 Å². The number of hydrogen-bond acceptors (Lipinski definition) is 5. The normalized spacial score (nSPS) is 11.3. The van der Waals surface area contributed by atoms with Crippen molar-refractivity contribution in [2.45, 2.75) is 18.4 Å². The van der Waals surface area contributed by atoms with Crippen LogP contribution in [-0.2, 0) is 16.6 Å². The Morgan fingerprint density at radius 2 is 2.14 bits per heavy atom. The molecule has 0 aliphatic heterocycles. The minimum atomic E-state index is -3.97. The van der Waals surface area contributed by atoms with Crippen LogP contribution in [0, 0.1) is 6.92 Å². The highest BCUT2D eigenvalue weighted by Crippen LogP contribution is 2.24. The number of aromatic carboxylic acids is 1. The highest BCUT2D eigenvalue weighted by Gasteiger charge is 2.19. The molecule has 0 amide bonds. The Morgan fingerprint density at radius 1 is 1.43 bits per heavy atom. The number of rotatable bonds is 5. The van der Waals surface area contributed by atoms with Crippen LogP contribution in [-0.4, -0.2) is 19.5 Å². The van der Waals surface area contributed by atoms with E-state index in [4.69, 9.17) is 9.56 Å². The molecule has 0 radical (unpaired) electrons. The number of carboxylic acid groups (broad SMARTS) is 1. The second-order valence-electron chi connectivity index (χ2n) is 4.45. The molecule has 4 N–H and O–H groups in total. The number of hydrogen-bond donors (Lipinski definition) is 3. The van der Waals surface area contributed by atoms with Crippen molar-refractivity contribution in [3.63, 3.8) is 0 Å². The van der Waals surface area contributed by atoms with Gasteiger partial charge in [0.1, 0.15) is 5.76 Å². The lowest BCUT2D eigenvalue weighted by molar-refractivity contribution is 0.0697. The van der Waals surface area contributed by atoms with E-state index in [1.807, 2.05) is 0 Å². The third-order valence-corrected chi connectivity index (χ3v) is 3.94. The maximum absolute atomic E-state index is 11.4.